The van der Waals surface area contributed by atoms with E-state index in [1.165, 1.54) is 0 Å². The van der Waals surface area contributed by atoms with Crippen molar-refractivity contribution in [3.63, 3.8) is 0 Å². The quantitative estimate of drug-likeness (QED) is 0.241. The molecule has 0 heterocycles. The lowest BCUT2D eigenvalue weighted by molar-refractivity contribution is -0.143. The zero-order valence-corrected chi connectivity index (χ0v) is 26.4. The maximum absolute atomic E-state index is 14.4. The predicted molar refractivity (Wildman–Crippen MR) is 165 cm³/mol. The fraction of sp³-hybridized carbons (Fsp3) is 0.559. The third-order valence-corrected chi connectivity index (χ3v) is 7.08. The summed E-state index contributed by atoms with van der Waals surface area (Å²) in [6.07, 6.45) is 4.37. The highest BCUT2D eigenvalue weighted by atomic mass is 16.6. The van der Waals surface area contributed by atoms with Crippen LogP contribution in [0.15, 0.2) is 48.5 Å². The third-order valence-electron chi connectivity index (χ3n) is 7.08. The van der Waals surface area contributed by atoms with Gasteiger partial charge in [0.1, 0.15) is 17.7 Å². The van der Waals surface area contributed by atoms with Gasteiger partial charge in [-0.1, -0.05) is 95.0 Å². The van der Waals surface area contributed by atoms with Crippen molar-refractivity contribution in [1.82, 2.24) is 15.5 Å². The molecule has 0 aliphatic heterocycles. The highest BCUT2D eigenvalue weighted by Gasteiger charge is 2.38. The fourth-order valence-electron chi connectivity index (χ4n) is 4.95. The molecule has 0 aliphatic rings. The number of hydrogen-bond acceptors (Lipinski definition) is 4. The van der Waals surface area contributed by atoms with Gasteiger partial charge in [-0.15, -0.1) is 0 Å². The first-order valence-corrected chi connectivity index (χ1v) is 15.0. The first-order valence-electron chi connectivity index (χ1n) is 15.0. The number of hydrogen-bond donors (Lipinski definition) is 2. The smallest absolute Gasteiger partial charge is 0.408 e. The number of aryl methyl sites for hydroxylation is 2. The molecule has 0 fully saturated rings. The first-order chi connectivity index (χ1) is 19.4. The summed E-state index contributed by atoms with van der Waals surface area (Å²) in [7, 11) is 0. The second-order valence-corrected chi connectivity index (χ2v) is 12.2. The van der Waals surface area contributed by atoms with E-state index in [9.17, 15) is 14.4 Å². The van der Waals surface area contributed by atoms with E-state index in [2.05, 4.69) is 17.6 Å². The van der Waals surface area contributed by atoms with E-state index in [0.717, 1.165) is 54.4 Å². The summed E-state index contributed by atoms with van der Waals surface area (Å²) >= 11 is 0. The number of benzene rings is 2. The highest BCUT2D eigenvalue weighted by Crippen LogP contribution is 2.30. The van der Waals surface area contributed by atoms with E-state index < -0.39 is 23.8 Å². The number of nitrogens with one attached hydrogen (secondary N) is 2. The van der Waals surface area contributed by atoms with Crippen LogP contribution in [-0.2, 0) is 20.9 Å². The van der Waals surface area contributed by atoms with Gasteiger partial charge >= 0.3 is 6.09 Å². The Morgan fingerprint density at radius 2 is 1.49 bits per heavy atom. The number of ether oxygens (including phenoxy) is 1. The maximum atomic E-state index is 14.4. The number of carbonyl (C=O) groups excluding carboxylic acids is 3. The summed E-state index contributed by atoms with van der Waals surface area (Å²) in [5.74, 6) is -0.750. The Bertz CT molecular complexity index is 1100. The average molecular weight is 566 g/mol. The van der Waals surface area contributed by atoms with Crippen LogP contribution in [0.4, 0.5) is 4.79 Å². The molecule has 226 valence electrons. The second-order valence-electron chi connectivity index (χ2n) is 12.2. The molecule has 41 heavy (non-hydrogen) atoms. The van der Waals surface area contributed by atoms with Crippen LogP contribution in [0.3, 0.4) is 0 Å². The summed E-state index contributed by atoms with van der Waals surface area (Å²) in [5, 5.41) is 5.91. The lowest BCUT2D eigenvalue weighted by Crippen LogP contribution is -2.55. The summed E-state index contributed by atoms with van der Waals surface area (Å²) in [6, 6.07) is 14.0. The zero-order chi connectivity index (χ0) is 30.6. The Morgan fingerprint density at radius 3 is 2.05 bits per heavy atom. The van der Waals surface area contributed by atoms with Crippen molar-refractivity contribution in [2.24, 2.45) is 5.92 Å². The highest BCUT2D eigenvalue weighted by molar-refractivity contribution is 5.92. The lowest BCUT2D eigenvalue weighted by atomic mass is 9.92. The molecule has 2 aromatic carbocycles. The number of amides is 3. The van der Waals surface area contributed by atoms with Crippen molar-refractivity contribution < 1.29 is 19.1 Å². The van der Waals surface area contributed by atoms with Crippen LogP contribution in [-0.4, -0.2) is 41.0 Å². The van der Waals surface area contributed by atoms with Gasteiger partial charge in [-0.2, -0.15) is 0 Å². The van der Waals surface area contributed by atoms with Gasteiger partial charge in [-0.25, -0.2) is 4.79 Å². The molecule has 0 aromatic heterocycles. The van der Waals surface area contributed by atoms with E-state index >= 15 is 0 Å². The van der Waals surface area contributed by atoms with Gasteiger partial charge < -0.3 is 20.3 Å². The minimum atomic E-state index is -0.853. The molecule has 7 nitrogen and oxygen atoms in total. The minimum Gasteiger partial charge on any atom is -0.444 e. The number of rotatable bonds is 14. The number of unbranched alkanes of at least 4 members (excludes halogenated alkanes) is 4. The maximum Gasteiger partial charge on any atom is 0.408 e. The molecule has 2 atom stereocenters. The standard InChI is InChI=1S/C34H51N3O4/c1-9-10-11-12-16-22-37(32(39)29(24(2)3)36-33(40)41-34(6,7)8)30(28-25(4)18-17-19-26(28)5)31(38)35-23-27-20-14-13-15-21-27/h13-15,17-21,24,29-30H,9-12,16,22-23H2,1-8H3,(H,35,38)(H,36,40). The molecule has 2 rings (SSSR count). The number of carbonyl (C=O) groups is 3. The van der Waals surface area contributed by atoms with E-state index in [0.29, 0.717) is 13.1 Å². The van der Waals surface area contributed by atoms with Crippen molar-refractivity contribution in [1.29, 1.82) is 0 Å². The molecule has 0 saturated heterocycles. The lowest BCUT2D eigenvalue weighted by Gasteiger charge is -2.36. The summed E-state index contributed by atoms with van der Waals surface area (Å²) < 4.78 is 5.49. The topological polar surface area (TPSA) is 87.7 Å². The first kappa shape index (κ1) is 33.9. The SMILES string of the molecule is CCCCCCCN(C(=O)C(NC(=O)OC(C)(C)C)C(C)C)C(C(=O)NCc1ccccc1)c1c(C)cccc1C. The largest absolute Gasteiger partial charge is 0.444 e. The van der Waals surface area contributed by atoms with Gasteiger partial charge in [0.15, 0.2) is 0 Å². The van der Waals surface area contributed by atoms with Gasteiger partial charge in [-0.05, 0) is 69.2 Å². The second kappa shape index (κ2) is 16.2. The van der Waals surface area contributed by atoms with E-state index in [-0.39, 0.29) is 17.7 Å². The number of nitrogens with zero attached hydrogens (tertiary/aromatic N) is 1. The molecular weight excluding hydrogens is 514 g/mol. The normalized spacial score (nSPS) is 12.9. The van der Waals surface area contributed by atoms with E-state index in [4.69, 9.17) is 4.74 Å². The van der Waals surface area contributed by atoms with Crippen molar-refractivity contribution in [3.05, 3.63) is 70.8 Å². The molecule has 7 heteroatoms. The summed E-state index contributed by atoms with van der Waals surface area (Å²) in [6.45, 7) is 16.0. The molecule has 2 N–H and O–H groups in total. The van der Waals surface area contributed by atoms with Gasteiger partial charge in [0.25, 0.3) is 0 Å². The molecule has 0 bridgehead atoms. The molecule has 2 aromatic rings. The molecule has 0 spiro atoms. The van der Waals surface area contributed by atoms with Crippen molar-refractivity contribution >= 4 is 17.9 Å². The van der Waals surface area contributed by atoms with Crippen LogP contribution in [0.2, 0.25) is 0 Å². The number of alkyl carbamates (subject to hydrolysis) is 1. The predicted octanol–water partition coefficient (Wildman–Crippen LogP) is 7.01. The van der Waals surface area contributed by atoms with E-state index in [1.807, 2.05) is 76.2 Å². The van der Waals surface area contributed by atoms with Crippen LogP contribution < -0.4 is 10.6 Å². The van der Waals surface area contributed by atoms with Gasteiger partial charge in [-0.3, -0.25) is 9.59 Å². The van der Waals surface area contributed by atoms with Crippen molar-refractivity contribution in [2.45, 2.75) is 112 Å². The molecular formula is C34H51N3O4. The monoisotopic (exact) mass is 565 g/mol. The molecule has 2 unspecified atom stereocenters. The molecule has 0 saturated carbocycles. The van der Waals surface area contributed by atoms with Gasteiger partial charge in [0.2, 0.25) is 11.8 Å². The summed E-state index contributed by atoms with van der Waals surface area (Å²) in [5.41, 5.74) is 2.97. The van der Waals surface area contributed by atoms with Gasteiger partial charge in [0.05, 0.1) is 0 Å². The van der Waals surface area contributed by atoms with Crippen LogP contribution in [0, 0.1) is 19.8 Å². The van der Waals surface area contributed by atoms with Crippen LogP contribution in [0.5, 0.6) is 0 Å². The third kappa shape index (κ3) is 10.9. The Morgan fingerprint density at radius 1 is 0.878 bits per heavy atom. The minimum absolute atomic E-state index is 0.219. The van der Waals surface area contributed by atoms with Crippen molar-refractivity contribution in [3.8, 4) is 0 Å². The van der Waals surface area contributed by atoms with Crippen molar-refractivity contribution in [2.75, 3.05) is 6.54 Å². The average Bonchev–Trinajstić information content (AvgIpc) is 2.90. The molecule has 0 aliphatic carbocycles. The molecule has 3 amide bonds. The Hall–Kier alpha value is -3.35. The van der Waals surface area contributed by atoms with Crippen LogP contribution in [0.25, 0.3) is 0 Å². The Labute approximate surface area is 247 Å². The van der Waals surface area contributed by atoms with Crippen LogP contribution >= 0.6 is 0 Å². The van der Waals surface area contributed by atoms with Gasteiger partial charge in [0, 0.05) is 13.1 Å². The Kier molecular flexibility index (Phi) is 13.4. The Balaban J connectivity index is 2.52. The molecule has 0 radical (unpaired) electrons. The zero-order valence-electron chi connectivity index (χ0n) is 26.4. The van der Waals surface area contributed by atoms with E-state index in [1.54, 1.807) is 25.7 Å². The fourth-order valence-corrected chi connectivity index (χ4v) is 4.95. The summed E-state index contributed by atoms with van der Waals surface area (Å²) in [4.78, 5) is 43.0. The van der Waals surface area contributed by atoms with Crippen LogP contribution in [0.1, 0.15) is 102 Å².